The minimum absolute atomic E-state index is 0.164. The molecule has 3 aromatic rings. The van der Waals surface area contributed by atoms with Crippen LogP contribution < -0.4 is 16.0 Å². The van der Waals surface area contributed by atoms with Crippen LogP contribution in [0.2, 0.25) is 0 Å². The van der Waals surface area contributed by atoms with Gasteiger partial charge in [-0.2, -0.15) is 0 Å². The Morgan fingerprint density at radius 1 is 1.19 bits per heavy atom. The molecule has 1 aliphatic heterocycles. The molecule has 0 saturated carbocycles. The normalized spacial score (nSPS) is 17.5. The molecule has 5 N–H and O–H groups in total. The average Bonchev–Trinajstić information content (AvgIpc) is 3.54. The number of carbonyl (C=O) groups is 4. The third-order valence-corrected chi connectivity index (χ3v) is 5.53. The third kappa shape index (κ3) is 4.85. The summed E-state index contributed by atoms with van der Waals surface area (Å²) in [6.45, 7) is 0. The number of hydrogen-bond acceptors (Lipinski definition) is 5. The van der Waals surface area contributed by atoms with Gasteiger partial charge in [-0.25, -0.2) is 4.98 Å². The van der Waals surface area contributed by atoms with E-state index in [1.807, 2.05) is 30.5 Å². The highest BCUT2D eigenvalue weighted by atomic mass is 16.2. The number of nitrogens with one attached hydrogen (secondary N) is 5. The molecule has 3 heterocycles. The SMILES string of the molecule is O=C[C@@H](Cc1c[nH]c2ccccc12)NC(=O)[C@H](Cc1cnc[nH]1)NC(=O)[C@@H]1CCC(=O)N1. The Balaban J connectivity index is 1.45. The first-order valence-corrected chi connectivity index (χ1v) is 10.4. The summed E-state index contributed by atoms with van der Waals surface area (Å²) in [6, 6.07) is 5.32. The number of benzene rings is 1. The highest BCUT2D eigenvalue weighted by Crippen LogP contribution is 2.19. The molecule has 0 aliphatic carbocycles. The first-order valence-electron chi connectivity index (χ1n) is 10.4. The maximum absolute atomic E-state index is 13.0. The van der Waals surface area contributed by atoms with Gasteiger partial charge in [0.2, 0.25) is 17.7 Å². The van der Waals surface area contributed by atoms with Crippen molar-refractivity contribution in [2.75, 3.05) is 0 Å². The van der Waals surface area contributed by atoms with E-state index in [1.54, 1.807) is 6.20 Å². The van der Waals surface area contributed by atoms with Crippen molar-refractivity contribution >= 4 is 34.9 Å². The summed E-state index contributed by atoms with van der Waals surface area (Å²) in [7, 11) is 0. The number of nitrogens with zero attached hydrogens (tertiary/aromatic N) is 1. The maximum atomic E-state index is 13.0. The van der Waals surface area contributed by atoms with Gasteiger partial charge in [0.1, 0.15) is 18.4 Å². The topological polar surface area (TPSA) is 149 Å². The zero-order chi connectivity index (χ0) is 22.5. The Bertz CT molecular complexity index is 1120. The number of hydrogen-bond donors (Lipinski definition) is 5. The van der Waals surface area contributed by atoms with Crippen LogP contribution in [-0.4, -0.2) is 57.1 Å². The van der Waals surface area contributed by atoms with Gasteiger partial charge in [-0.05, 0) is 18.1 Å². The molecule has 32 heavy (non-hydrogen) atoms. The average molecular weight is 436 g/mol. The molecule has 4 rings (SSSR count). The van der Waals surface area contributed by atoms with Crippen LogP contribution >= 0.6 is 0 Å². The quantitative estimate of drug-likeness (QED) is 0.302. The molecule has 1 fully saturated rings. The number of aromatic nitrogens is 3. The zero-order valence-corrected chi connectivity index (χ0v) is 17.3. The molecule has 1 aliphatic rings. The molecule has 10 heteroatoms. The number of amides is 3. The summed E-state index contributed by atoms with van der Waals surface area (Å²) < 4.78 is 0. The predicted octanol–water partition coefficient (Wildman–Crippen LogP) is 0.123. The van der Waals surface area contributed by atoms with Crippen LogP contribution in [0, 0.1) is 0 Å². The highest BCUT2D eigenvalue weighted by molar-refractivity contribution is 5.94. The molecular weight excluding hydrogens is 412 g/mol. The van der Waals surface area contributed by atoms with E-state index in [4.69, 9.17) is 0 Å². The molecule has 1 aromatic carbocycles. The molecule has 2 aromatic heterocycles. The molecule has 0 radical (unpaired) electrons. The summed E-state index contributed by atoms with van der Waals surface area (Å²) in [5.41, 5.74) is 2.50. The van der Waals surface area contributed by atoms with Gasteiger partial charge in [-0.3, -0.25) is 14.4 Å². The molecule has 0 unspecified atom stereocenters. The minimum atomic E-state index is -0.939. The molecule has 0 spiro atoms. The van der Waals surface area contributed by atoms with Gasteiger partial charge in [0.15, 0.2) is 0 Å². The van der Waals surface area contributed by atoms with Crippen LogP contribution in [0.3, 0.4) is 0 Å². The first-order chi connectivity index (χ1) is 15.5. The largest absolute Gasteiger partial charge is 0.361 e. The van der Waals surface area contributed by atoms with E-state index in [9.17, 15) is 19.2 Å². The van der Waals surface area contributed by atoms with Crippen LogP contribution in [0.25, 0.3) is 10.9 Å². The number of aldehydes is 1. The number of carbonyl (C=O) groups excluding carboxylic acids is 4. The minimum Gasteiger partial charge on any atom is -0.361 e. The smallest absolute Gasteiger partial charge is 0.243 e. The summed E-state index contributed by atoms with van der Waals surface area (Å²) in [6.07, 6.45) is 6.67. The maximum Gasteiger partial charge on any atom is 0.243 e. The summed E-state index contributed by atoms with van der Waals surface area (Å²) >= 11 is 0. The van der Waals surface area contributed by atoms with E-state index in [2.05, 4.69) is 30.9 Å². The summed E-state index contributed by atoms with van der Waals surface area (Å²) in [4.78, 5) is 58.8. The second-order valence-electron chi connectivity index (χ2n) is 7.82. The van der Waals surface area contributed by atoms with E-state index >= 15 is 0 Å². The molecular formula is C22H24N6O4. The fraction of sp³-hybridized carbons (Fsp3) is 0.318. The Morgan fingerprint density at radius 2 is 2.03 bits per heavy atom. The van der Waals surface area contributed by atoms with Gasteiger partial charge < -0.3 is 30.7 Å². The summed E-state index contributed by atoms with van der Waals surface area (Å²) in [5.74, 6) is -1.12. The van der Waals surface area contributed by atoms with Gasteiger partial charge in [-0.1, -0.05) is 18.2 Å². The van der Waals surface area contributed by atoms with Crippen LogP contribution in [0.4, 0.5) is 0 Å². The number of para-hydroxylation sites is 1. The molecule has 3 atom stereocenters. The van der Waals surface area contributed by atoms with Crippen LogP contribution in [0.1, 0.15) is 24.1 Å². The van der Waals surface area contributed by atoms with Gasteiger partial charge >= 0.3 is 0 Å². The summed E-state index contributed by atoms with van der Waals surface area (Å²) in [5, 5.41) is 9.00. The molecule has 1 saturated heterocycles. The van der Waals surface area contributed by atoms with E-state index < -0.39 is 29.9 Å². The van der Waals surface area contributed by atoms with E-state index in [1.165, 1.54) is 6.33 Å². The predicted molar refractivity (Wildman–Crippen MR) is 115 cm³/mol. The fourth-order valence-electron chi connectivity index (χ4n) is 3.86. The Labute approximate surface area is 183 Å². The van der Waals surface area contributed by atoms with Crippen molar-refractivity contribution in [3.63, 3.8) is 0 Å². The monoisotopic (exact) mass is 436 g/mol. The number of rotatable bonds is 9. The first kappa shape index (κ1) is 21.3. The van der Waals surface area contributed by atoms with Crippen molar-refractivity contribution in [3.8, 4) is 0 Å². The van der Waals surface area contributed by atoms with Crippen molar-refractivity contribution in [3.05, 3.63) is 54.2 Å². The number of aromatic amines is 2. The van der Waals surface area contributed by atoms with Crippen molar-refractivity contribution < 1.29 is 19.2 Å². The van der Waals surface area contributed by atoms with Crippen LogP contribution in [-0.2, 0) is 32.0 Å². The Morgan fingerprint density at radius 3 is 2.75 bits per heavy atom. The van der Waals surface area contributed by atoms with Gasteiger partial charge in [0.25, 0.3) is 0 Å². The standard InChI is InChI=1S/C22H24N6O4/c29-11-15(7-13-9-24-17-4-2-1-3-16(13)17)26-22(32)19(8-14-10-23-12-25-14)28-21(31)18-5-6-20(30)27-18/h1-4,9-12,15,18-19,24H,5-8H2,(H,23,25)(H,26,32)(H,27,30)(H,28,31)/t15-,18+,19+/m1/s1. The second-order valence-corrected chi connectivity index (χ2v) is 7.82. The van der Waals surface area contributed by atoms with Gasteiger partial charge in [0, 0.05) is 48.3 Å². The van der Waals surface area contributed by atoms with Crippen LogP contribution in [0.5, 0.6) is 0 Å². The van der Waals surface area contributed by atoms with Crippen molar-refractivity contribution in [2.24, 2.45) is 0 Å². The Kier molecular flexibility index (Phi) is 6.29. The number of H-pyrrole nitrogens is 2. The molecule has 10 nitrogen and oxygen atoms in total. The van der Waals surface area contributed by atoms with Gasteiger partial charge in [0.05, 0.1) is 12.4 Å². The highest BCUT2D eigenvalue weighted by Gasteiger charge is 2.31. The van der Waals surface area contributed by atoms with Crippen molar-refractivity contribution in [2.45, 2.75) is 43.8 Å². The lowest BCUT2D eigenvalue weighted by Crippen LogP contribution is -2.54. The molecule has 3 amide bonds. The molecule has 0 bridgehead atoms. The molecule has 166 valence electrons. The van der Waals surface area contributed by atoms with Crippen LogP contribution in [0.15, 0.2) is 43.0 Å². The third-order valence-electron chi connectivity index (χ3n) is 5.53. The number of fused-ring (bicyclic) bond motifs is 1. The van der Waals surface area contributed by atoms with Gasteiger partial charge in [-0.15, -0.1) is 0 Å². The lowest BCUT2D eigenvalue weighted by Gasteiger charge is -2.22. The van der Waals surface area contributed by atoms with Crippen molar-refractivity contribution in [1.29, 1.82) is 0 Å². The zero-order valence-electron chi connectivity index (χ0n) is 17.3. The number of imidazole rings is 1. The Hall–Kier alpha value is -3.95. The van der Waals surface area contributed by atoms with E-state index in [-0.39, 0.29) is 18.7 Å². The van der Waals surface area contributed by atoms with Crippen molar-refractivity contribution in [1.82, 2.24) is 30.9 Å². The van der Waals surface area contributed by atoms with E-state index in [0.29, 0.717) is 24.8 Å². The lowest BCUT2D eigenvalue weighted by molar-refractivity contribution is -0.131. The lowest BCUT2D eigenvalue weighted by atomic mass is 10.0. The second kappa shape index (κ2) is 9.46. The fourth-order valence-corrected chi connectivity index (χ4v) is 3.86. The van der Waals surface area contributed by atoms with E-state index in [0.717, 1.165) is 16.5 Å².